The molecule has 1 aliphatic heterocycles. The number of nitrogens with zero attached hydrogens (tertiary/aromatic N) is 4. The number of aliphatic hydroxyl groups excluding tert-OH is 1. The lowest BCUT2D eigenvalue weighted by Gasteiger charge is -2.32. The van der Waals surface area contributed by atoms with Crippen molar-refractivity contribution in [3.63, 3.8) is 0 Å². The SMILES string of the molecule is CN1CCN(C(=O)c2nn(-c3cccc(CO)c3)c3c2CCc2sccc2-3)CC1. The van der Waals surface area contributed by atoms with E-state index in [4.69, 9.17) is 5.10 Å². The zero-order valence-corrected chi connectivity index (χ0v) is 17.3. The number of amides is 1. The highest BCUT2D eigenvalue weighted by molar-refractivity contribution is 7.10. The van der Waals surface area contributed by atoms with Crippen LogP contribution in [0.1, 0.15) is 26.5 Å². The third kappa shape index (κ3) is 3.19. The van der Waals surface area contributed by atoms with Crippen molar-refractivity contribution in [3.8, 4) is 16.9 Å². The van der Waals surface area contributed by atoms with Crippen LogP contribution in [0.5, 0.6) is 0 Å². The second kappa shape index (κ2) is 7.40. The van der Waals surface area contributed by atoms with Gasteiger partial charge >= 0.3 is 0 Å². The molecule has 3 heterocycles. The number of aryl methyl sites for hydroxylation is 1. The first-order valence-electron chi connectivity index (χ1n) is 10.0. The van der Waals surface area contributed by atoms with Crippen LogP contribution in [0.3, 0.4) is 0 Å². The number of hydrogen-bond acceptors (Lipinski definition) is 5. The number of hydrogen-bond donors (Lipinski definition) is 1. The Bertz CT molecular complexity index is 1060. The molecule has 7 heteroatoms. The lowest BCUT2D eigenvalue weighted by atomic mass is 9.94. The summed E-state index contributed by atoms with van der Waals surface area (Å²) in [6.45, 7) is 3.24. The minimum absolute atomic E-state index is 0.0198. The predicted octanol–water partition coefficient (Wildman–Crippen LogP) is 2.58. The fraction of sp³-hybridized carbons (Fsp3) is 0.364. The molecule has 1 aliphatic carbocycles. The number of aliphatic hydroxyl groups is 1. The smallest absolute Gasteiger partial charge is 0.274 e. The Balaban J connectivity index is 1.63. The van der Waals surface area contributed by atoms with Gasteiger partial charge in [0.2, 0.25) is 0 Å². The molecule has 0 bridgehead atoms. The predicted molar refractivity (Wildman–Crippen MR) is 114 cm³/mol. The molecule has 2 aromatic heterocycles. The molecule has 0 unspecified atom stereocenters. The van der Waals surface area contributed by atoms with E-state index >= 15 is 0 Å². The molecule has 5 rings (SSSR count). The molecule has 1 aromatic carbocycles. The van der Waals surface area contributed by atoms with Crippen LogP contribution in [0.4, 0.5) is 0 Å². The van der Waals surface area contributed by atoms with Gasteiger partial charge in [0, 0.05) is 42.2 Å². The van der Waals surface area contributed by atoms with Crippen molar-refractivity contribution in [1.29, 1.82) is 0 Å². The van der Waals surface area contributed by atoms with E-state index in [0.29, 0.717) is 5.69 Å². The fourth-order valence-corrected chi connectivity index (χ4v) is 5.13. The minimum Gasteiger partial charge on any atom is -0.392 e. The third-order valence-electron chi connectivity index (χ3n) is 5.92. The normalized spacial score (nSPS) is 16.6. The molecule has 0 atom stereocenters. The number of fused-ring (bicyclic) bond motifs is 3. The number of piperazine rings is 1. The molecular formula is C22H24N4O2S. The van der Waals surface area contributed by atoms with Gasteiger partial charge in [-0.25, -0.2) is 4.68 Å². The second-order valence-electron chi connectivity index (χ2n) is 7.77. The van der Waals surface area contributed by atoms with E-state index in [1.807, 2.05) is 33.8 Å². The maximum atomic E-state index is 13.4. The molecule has 1 amide bonds. The lowest BCUT2D eigenvalue weighted by Crippen LogP contribution is -2.47. The van der Waals surface area contributed by atoms with Gasteiger partial charge in [-0.05, 0) is 49.0 Å². The largest absolute Gasteiger partial charge is 0.392 e. The summed E-state index contributed by atoms with van der Waals surface area (Å²) in [6.07, 6.45) is 1.78. The van der Waals surface area contributed by atoms with Gasteiger partial charge in [-0.1, -0.05) is 12.1 Å². The van der Waals surface area contributed by atoms with E-state index < -0.39 is 0 Å². The van der Waals surface area contributed by atoms with E-state index in [1.54, 1.807) is 11.3 Å². The second-order valence-corrected chi connectivity index (χ2v) is 8.77. The van der Waals surface area contributed by atoms with Gasteiger partial charge in [-0.3, -0.25) is 4.79 Å². The third-order valence-corrected chi connectivity index (χ3v) is 6.90. The summed E-state index contributed by atoms with van der Waals surface area (Å²) < 4.78 is 1.91. The number of thiophene rings is 1. The first-order valence-corrected chi connectivity index (χ1v) is 10.9. The van der Waals surface area contributed by atoms with E-state index in [1.165, 1.54) is 10.4 Å². The Hall–Kier alpha value is -2.48. The number of aromatic nitrogens is 2. The quantitative estimate of drug-likeness (QED) is 0.724. The van der Waals surface area contributed by atoms with Gasteiger partial charge < -0.3 is 14.9 Å². The van der Waals surface area contributed by atoms with Crippen LogP contribution in [0, 0.1) is 0 Å². The van der Waals surface area contributed by atoms with Crippen molar-refractivity contribution < 1.29 is 9.90 Å². The summed E-state index contributed by atoms with van der Waals surface area (Å²) in [5.41, 5.74) is 5.55. The molecule has 1 saturated heterocycles. The molecule has 6 nitrogen and oxygen atoms in total. The molecule has 0 saturated carbocycles. The number of likely N-dealkylation sites (N-methyl/N-ethyl adjacent to an activating group) is 1. The number of carbonyl (C=O) groups is 1. The Morgan fingerprint density at radius 1 is 1.17 bits per heavy atom. The van der Waals surface area contributed by atoms with Crippen LogP contribution in [0.25, 0.3) is 16.9 Å². The number of carbonyl (C=O) groups excluding carboxylic acids is 1. The highest BCUT2D eigenvalue weighted by Crippen LogP contribution is 2.39. The van der Waals surface area contributed by atoms with Crippen LogP contribution >= 0.6 is 11.3 Å². The van der Waals surface area contributed by atoms with Crippen molar-refractivity contribution >= 4 is 17.2 Å². The summed E-state index contributed by atoms with van der Waals surface area (Å²) in [5, 5.41) is 16.5. The monoisotopic (exact) mass is 408 g/mol. The Labute approximate surface area is 174 Å². The van der Waals surface area contributed by atoms with Crippen LogP contribution in [-0.4, -0.2) is 63.8 Å². The first-order chi connectivity index (χ1) is 14.2. The van der Waals surface area contributed by atoms with E-state index in [0.717, 1.165) is 61.5 Å². The Kier molecular flexibility index (Phi) is 4.73. The summed E-state index contributed by atoms with van der Waals surface area (Å²) in [5.74, 6) is 0.0325. The van der Waals surface area contributed by atoms with E-state index in [2.05, 4.69) is 23.4 Å². The van der Waals surface area contributed by atoms with Crippen molar-refractivity contribution in [2.24, 2.45) is 0 Å². The minimum atomic E-state index is -0.0198. The maximum Gasteiger partial charge on any atom is 0.274 e. The van der Waals surface area contributed by atoms with Gasteiger partial charge in [0.15, 0.2) is 5.69 Å². The lowest BCUT2D eigenvalue weighted by molar-refractivity contribution is 0.0656. The molecule has 0 radical (unpaired) electrons. The topological polar surface area (TPSA) is 61.6 Å². The molecular weight excluding hydrogens is 384 g/mol. The van der Waals surface area contributed by atoms with Gasteiger partial charge in [-0.15, -0.1) is 11.3 Å². The molecule has 3 aromatic rings. The summed E-state index contributed by atoms with van der Waals surface area (Å²) in [4.78, 5) is 18.9. The van der Waals surface area contributed by atoms with Crippen LogP contribution in [-0.2, 0) is 19.4 Å². The van der Waals surface area contributed by atoms with Crippen LogP contribution < -0.4 is 0 Å². The van der Waals surface area contributed by atoms with Gasteiger partial charge in [0.25, 0.3) is 5.91 Å². The summed E-state index contributed by atoms with van der Waals surface area (Å²) >= 11 is 1.76. The summed E-state index contributed by atoms with van der Waals surface area (Å²) in [6, 6.07) is 9.88. The van der Waals surface area contributed by atoms with Gasteiger partial charge in [0.1, 0.15) is 0 Å². The highest BCUT2D eigenvalue weighted by Gasteiger charge is 2.32. The van der Waals surface area contributed by atoms with Gasteiger partial charge in [0.05, 0.1) is 18.0 Å². The Morgan fingerprint density at radius 3 is 2.79 bits per heavy atom. The molecule has 29 heavy (non-hydrogen) atoms. The standard InChI is InChI=1S/C22H24N4O2S/c1-24-8-10-25(11-9-24)22(28)20-18-5-6-19-17(7-12-29-19)21(18)26(23-20)16-4-2-3-15(13-16)14-27/h2-4,7,12-13,27H,5-6,8-11,14H2,1H3. The Morgan fingerprint density at radius 2 is 2.00 bits per heavy atom. The van der Waals surface area contributed by atoms with Gasteiger partial charge in [-0.2, -0.15) is 5.10 Å². The average Bonchev–Trinajstić information content (AvgIpc) is 3.38. The first kappa shape index (κ1) is 18.5. The van der Waals surface area contributed by atoms with Crippen molar-refractivity contribution in [2.75, 3.05) is 33.2 Å². The van der Waals surface area contributed by atoms with E-state index in [-0.39, 0.29) is 12.5 Å². The highest BCUT2D eigenvalue weighted by atomic mass is 32.1. The molecule has 150 valence electrons. The molecule has 1 N–H and O–H groups in total. The molecule has 0 spiro atoms. The summed E-state index contributed by atoms with van der Waals surface area (Å²) in [7, 11) is 2.09. The van der Waals surface area contributed by atoms with Crippen molar-refractivity contribution in [3.05, 3.63) is 57.4 Å². The molecule has 1 fully saturated rings. The van der Waals surface area contributed by atoms with Crippen molar-refractivity contribution in [1.82, 2.24) is 19.6 Å². The van der Waals surface area contributed by atoms with Crippen molar-refractivity contribution in [2.45, 2.75) is 19.4 Å². The van der Waals surface area contributed by atoms with Crippen LogP contribution in [0.15, 0.2) is 35.7 Å². The van der Waals surface area contributed by atoms with Crippen LogP contribution in [0.2, 0.25) is 0 Å². The zero-order chi connectivity index (χ0) is 20.0. The number of rotatable bonds is 3. The average molecular weight is 409 g/mol. The zero-order valence-electron chi connectivity index (χ0n) is 16.5. The number of benzene rings is 1. The fourth-order valence-electron chi connectivity index (χ4n) is 4.25. The molecule has 2 aliphatic rings. The maximum absolute atomic E-state index is 13.4. The van der Waals surface area contributed by atoms with E-state index in [9.17, 15) is 9.90 Å².